The maximum Gasteiger partial charge on any atom is 0.501 e. The molecule has 21 heteroatoms. The molecule has 5 aromatic carbocycles. The Bertz CT molecular complexity index is 3300. The van der Waals surface area contributed by atoms with Crippen molar-refractivity contribution in [2.24, 2.45) is 7.05 Å². The second-order valence-electron chi connectivity index (χ2n) is 20.6. The predicted octanol–water partition coefficient (Wildman–Crippen LogP) is 10.1. The van der Waals surface area contributed by atoms with Crippen LogP contribution in [-0.4, -0.2) is 135 Å². The highest BCUT2D eigenvalue weighted by Crippen LogP contribution is 2.42. The van der Waals surface area contributed by atoms with E-state index in [2.05, 4.69) is 35.4 Å². The first kappa shape index (κ1) is 57.0. The van der Waals surface area contributed by atoms with Crippen LogP contribution in [0, 0.1) is 6.92 Å². The maximum absolute atomic E-state index is 14.4. The molecule has 1 unspecified atom stereocenters. The van der Waals surface area contributed by atoms with Gasteiger partial charge in [0.25, 0.3) is 25.8 Å². The second kappa shape index (κ2) is 23.5. The molecule has 1 amide bonds. The number of aromatic nitrogens is 1. The SMILES string of the molecule is Cc1c(C(=O)N2CCC(O)CC2)c(-c2cccc(N3CCN(c4ccc(NS(=O)(=O)c5ccc(NC(CCN6CCC(C)(O)CC6)CSc6ccccc6)c(S(=O)(=O)C(F)(F)F)c5)cc4)CC3)c2)c(-c2ccc(Cl)cc2)n1C. The first-order valence-corrected chi connectivity index (χ1v) is 30.4. The monoisotopic (exact) mass is 1150 g/mol. The number of nitrogens with zero attached hydrogens (tertiary/aromatic N) is 5. The highest BCUT2D eigenvalue weighted by molar-refractivity contribution is 7.99. The number of halogens is 4. The van der Waals surface area contributed by atoms with Crippen LogP contribution in [-0.2, 0) is 26.9 Å². The van der Waals surface area contributed by atoms with Gasteiger partial charge in [0, 0.05) is 116 Å². The van der Waals surface area contributed by atoms with Crippen LogP contribution in [0.1, 0.15) is 55.1 Å². The van der Waals surface area contributed by atoms with E-state index in [-0.39, 0.29) is 17.3 Å². The molecular weight excluding hydrogens is 1080 g/mol. The highest BCUT2D eigenvalue weighted by atomic mass is 35.5. The smallest absolute Gasteiger partial charge is 0.393 e. The van der Waals surface area contributed by atoms with Crippen molar-refractivity contribution in [3.05, 3.63) is 138 Å². The quantitative estimate of drug-likeness (QED) is 0.0640. The molecule has 3 aliphatic rings. The fourth-order valence-electron chi connectivity index (χ4n) is 10.4. The Labute approximate surface area is 464 Å². The Morgan fingerprint density at radius 2 is 1.44 bits per heavy atom. The number of piperidine rings is 2. The number of thioether (sulfide) groups is 1. The van der Waals surface area contributed by atoms with E-state index in [9.17, 15) is 45.0 Å². The van der Waals surface area contributed by atoms with Gasteiger partial charge in [-0.25, -0.2) is 16.8 Å². The van der Waals surface area contributed by atoms with Gasteiger partial charge in [-0.05, 0) is 136 Å². The summed E-state index contributed by atoms with van der Waals surface area (Å²) in [7, 11) is -8.68. The molecular formula is C57H65ClF3N7O7S3. The number of piperazine rings is 1. The fourth-order valence-corrected chi connectivity index (χ4v) is 13.6. The van der Waals surface area contributed by atoms with Gasteiger partial charge < -0.3 is 39.7 Å². The lowest BCUT2D eigenvalue weighted by Crippen LogP contribution is -2.46. The molecule has 3 aliphatic heterocycles. The number of anilines is 4. The van der Waals surface area contributed by atoms with Crippen molar-refractivity contribution in [2.45, 2.75) is 83.9 Å². The Balaban J connectivity index is 0.894. The van der Waals surface area contributed by atoms with Gasteiger partial charge in [-0.3, -0.25) is 9.52 Å². The van der Waals surface area contributed by atoms with Crippen molar-refractivity contribution in [3.63, 3.8) is 0 Å². The van der Waals surface area contributed by atoms with Crippen LogP contribution in [0.2, 0.25) is 5.02 Å². The zero-order valence-corrected chi connectivity index (χ0v) is 46.9. The minimum Gasteiger partial charge on any atom is -0.393 e. The van der Waals surface area contributed by atoms with Crippen LogP contribution >= 0.6 is 23.4 Å². The van der Waals surface area contributed by atoms with Crippen molar-refractivity contribution in [1.29, 1.82) is 0 Å². The number of alkyl halides is 3. The first-order valence-electron chi connectivity index (χ1n) is 26.1. The molecule has 0 saturated carbocycles. The highest BCUT2D eigenvalue weighted by Gasteiger charge is 2.48. The van der Waals surface area contributed by atoms with Gasteiger partial charge in [0.1, 0.15) is 4.90 Å². The molecule has 9 rings (SSSR count). The average molecular weight is 1150 g/mol. The summed E-state index contributed by atoms with van der Waals surface area (Å²) in [6.07, 6.45) is 2.16. The summed E-state index contributed by atoms with van der Waals surface area (Å²) < 4.78 is 102. The minimum atomic E-state index is -6.04. The van der Waals surface area contributed by atoms with Gasteiger partial charge in [-0.15, -0.1) is 11.8 Å². The fraction of sp³-hybridized carbons (Fsp3) is 0.386. The largest absolute Gasteiger partial charge is 0.501 e. The lowest BCUT2D eigenvalue weighted by atomic mass is 9.94. The number of nitrogens with one attached hydrogen (secondary N) is 2. The van der Waals surface area contributed by atoms with Gasteiger partial charge in [-0.1, -0.05) is 54.1 Å². The Hall–Kier alpha value is -5.74. The average Bonchev–Trinajstić information content (AvgIpc) is 3.79. The van der Waals surface area contributed by atoms with Gasteiger partial charge in [0.2, 0.25) is 0 Å². The molecule has 4 heterocycles. The van der Waals surface area contributed by atoms with Crippen LogP contribution < -0.4 is 19.8 Å². The van der Waals surface area contributed by atoms with Gasteiger partial charge in [-0.2, -0.15) is 13.2 Å². The van der Waals surface area contributed by atoms with Crippen molar-refractivity contribution in [3.8, 4) is 22.4 Å². The summed E-state index contributed by atoms with van der Waals surface area (Å²) in [4.78, 5) is 21.9. The number of carbonyl (C=O) groups is 1. The van der Waals surface area contributed by atoms with E-state index in [0.717, 1.165) is 56.5 Å². The van der Waals surface area contributed by atoms with E-state index in [1.165, 1.54) is 11.8 Å². The van der Waals surface area contributed by atoms with Crippen molar-refractivity contribution in [1.82, 2.24) is 14.4 Å². The molecule has 0 spiro atoms. The van der Waals surface area contributed by atoms with Gasteiger partial charge >= 0.3 is 5.51 Å². The van der Waals surface area contributed by atoms with E-state index < -0.39 is 52.9 Å². The number of aliphatic hydroxyl groups excluding tert-OH is 1. The standard InChI is InChI=1S/C57H65ClF3N7O7S3/c1-39-52(55(70)68-28-23-47(69)24-29-68)53(54(64(39)3)40-12-14-42(58)15-13-40)41-8-7-9-46(36-41)67-34-32-66(33-35-67)45-18-16-43(17-19-45)63-78(74,75)49-20-21-50(51(37-49)77(72,73)57(59,60)61)62-44(38-76-48-10-5-4-6-11-48)22-27-65-30-25-56(2,71)26-31-65/h4-21,36-37,44,47,62-63,69,71H,22-35,38H2,1-3H3. The number of carbonyl (C=O) groups excluding carboxylic acids is 1. The molecule has 4 N–H and O–H groups in total. The van der Waals surface area contributed by atoms with Crippen LogP contribution in [0.25, 0.3) is 22.4 Å². The molecule has 6 aromatic rings. The van der Waals surface area contributed by atoms with E-state index >= 15 is 0 Å². The lowest BCUT2D eigenvalue weighted by molar-refractivity contribution is -0.0436. The zero-order chi connectivity index (χ0) is 55.6. The van der Waals surface area contributed by atoms with Crippen molar-refractivity contribution < 1.29 is 45.0 Å². The summed E-state index contributed by atoms with van der Waals surface area (Å²) in [5.74, 6) is 0.286. The molecule has 14 nitrogen and oxygen atoms in total. The number of sulfonamides is 1. The molecule has 0 aliphatic carbocycles. The summed E-state index contributed by atoms with van der Waals surface area (Å²) >= 11 is 7.77. The van der Waals surface area contributed by atoms with Gasteiger partial charge in [0.15, 0.2) is 0 Å². The summed E-state index contributed by atoms with van der Waals surface area (Å²) in [6, 6.07) is 33.9. The number of likely N-dealkylation sites (tertiary alicyclic amines) is 2. The van der Waals surface area contributed by atoms with E-state index in [4.69, 9.17) is 11.6 Å². The lowest BCUT2D eigenvalue weighted by Gasteiger charge is -2.37. The number of amides is 1. The minimum absolute atomic E-state index is 0.0774. The molecule has 1 aromatic heterocycles. The first-order chi connectivity index (χ1) is 37.1. The number of aliphatic hydroxyl groups is 2. The molecule has 1 atom stereocenters. The number of rotatable bonds is 17. The number of benzene rings is 5. The zero-order valence-electron chi connectivity index (χ0n) is 43.7. The third-order valence-electron chi connectivity index (χ3n) is 15.2. The Morgan fingerprint density at radius 3 is 2.08 bits per heavy atom. The summed E-state index contributed by atoms with van der Waals surface area (Å²) in [5, 5.41) is 24.3. The molecule has 416 valence electrons. The van der Waals surface area contributed by atoms with E-state index in [1.807, 2.05) is 91.7 Å². The maximum atomic E-state index is 14.4. The normalized spacial score (nSPS) is 17.3. The molecule has 3 fully saturated rings. The predicted molar refractivity (Wildman–Crippen MR) is 304 cm³/mol. The molecule has 0 radical (unpaired) electrons. The number of hydrogen-bond donors (Lipinski definition) is 4. The van der Waals surface area contributed by atoms with E-state index in [1.54, 1.807) is 31.2 Å². The second-order valence-corrected chi connectivity index (χ2v) is 25.8. The van der Waals surface area contributed by atoms with E-state index in [0.29, 0.717) is 113 Å². The van der Waals surface area contributed by atoms with Crippen molar-refractivity contribution in [2.75, 3.05) is 84.5 Å². The van der Waals surface area contributed by atoms with Crippen LogP contribution in [0.5, 0.6) is 0 Å². The molecule has 78 heavy (non-hydrogen) atoms. The molecule has 3 saturated heterocycles. The van der Waals surface area contributed by atoms with Crippen LogP contribution in [0.15, 0.2) is 136 Å². The number of sulfone groups is 1. The number of hydrogen-bond acceptors (Lipinski definition) is 12. The third kappa shape index (κ3) is 13.0. The van der Waals surface area contributed by atoms with Crippen LogP contribution in [0.4, 0.5) is 35.9 Å². The molecule has 0 bridgehead atoms. The Kier molecular flexibility index (Phi) is 17.2. The van der Waals surface area contributed by atoms with Crippen molar-refractivity contribution >= 4 is 71.9 Å². The third-order valence-corrected chi connectivity index (χ3v) is 19.5. The Morgan fingerprint density at radius 1 is 0.795 bits per heavy atom. The topological polar surface area (TPSA) is 168 Å². The van der Waals surface area contributed by atoms with Gasteiger partial charge in [0.05, 0.1) is 33.5 Å². The summed E-state index contributed by atoms with van der Waals surface area (Å²) in [6.45, 7) is 8.97. The van der Waals surface area contributed by atoms with Crippen LogP contribution in [0.3, 0.4) is 0 Å². The summed E-state index contributed by atoms with van der Waals surface area (Å²) in [5.41, 5.74) is -0.0139.